The minimum atomic E-state index is -1.07. The van der Waals surface area contributed by atoms with Crippen molar-refractivity contribution < 1.29 is 24.5 Å². The molecule has 8 nitrogen and oxygen atoms in total. The lowest BCUT2D eigenvalue weighted by molar-refractivity contribution is -0.0398. The van der Waals surface area contributed by atoms with Crippen LogP contribution in [0.3, 0.4) is 0 Å². The number of nitrogens with zero attached hydrogens (tertiary/aromatic N) is 2. The molecule has 8 heteroatoms. The molecule has 25 heavy (non-hydrogen) atoms. The molecule has 0 aromatic carbocycles. The smallest absolute Gasteiger partial charge is 0.407 e. The highest BCUT2D eigenvalue weighted by atomic mass is 16.6. The number of amides is 1. The molecule has 1 amide bonds. The van der Waals surface area contributed by atoms with E-state index in [1.54, 1.807) is 31.6 Å². The van der Waals surface area contributed by atoms with Crippen LogP contribution in [0.2, 0.25) is 0 Å². The highest BCUT2D eigenvalue weighted by molar-refractivity contribution is 5.67. The number of alkyl carbamates (subject to hydrolysis) is 1. The van der Waals surface area contributed by atoms with Gasteiger partial charge in [-0.1, -0.05) is 0 Å². The number of ether oxygens (including phenoxy) is 2. The molecule has 0 bridgehead atoms. The molecule has 0 spiro atoms. The maximum Gasteiger partial charge on any atom is 0.407 e. The number of carbonyl (C=O) groups excluding carboxylic acids is 1. The lowest BCUT2D eigenvalue weighted by atomic mass is 10.1. The molecular weight excluding hydrogens is 326 g/mol. The zero-order chi connectivity index (χ0) is 18.4. The predicted octanol–water partition coefficient (Wildman–Crippen LogP) is 1.89. The maximum absolute atomic E-state index is 11.6. The van der Waals surface area contributed by atoms with Crippen LogP contribution in [0.25, 0.3) is 0 Å². The lowest BCUT2D eigenvalue weighted by Gasteiger charge is -2.23. The van der Waals surface area contributed by atoms with E-state index in [0.717, 1.165) is 19.3 Å². The zero-order valence-electron chi connectivity index (χ0n) is 15.1. The fraction of sp³-hybridized carbons (Fsp3) is 0.765. The molecular formula is C17H29N3O5. The van der Waals surface area contributed by atoms with E-state index in [2.05, 4.69) is 10.4 Å². The van der Waals surface area contributed by atoms with E-state index in [0.29, 0.717) is 12.2 Å². The van der Waals surface area contributed by atoms with Crippen molar-refractivity contribution in [2.24, 2.45) is 0 Å². The molecule has 0 aliphatic carbocycles. The van der Waals surface area contributed by atoms with Crippen molar-refractivity contribution in [1.82, 2.24) is 15.1 Å². The first-order chi connectivity index (χ1) is 11.8. The Morgan fingerprint density at radius 2 is 2.24 bits per heavy atom. The van der Waals surface area contributed by atoms with Crippen LogP contribution in [0.15, 0.2) is 12.4 Å². The van der Waals surface area contributed by atoms with Crippen molar-refractivity contribution in [3.63, 3.8) is 0 Å². The van der Waals surface area contributed by atoms with Gasteiger partial charge in [0.05, 0.1) is 12.3 Å². The van der Waals surface area contributed by atoms with E-state index in [9.17, 15) is 15.0 Å². The van der Waals surface area contributed by atoms with Crippen LogP contribution in [0.4, 0.5) is 4.79 Å². The van der Waals surface area contributed by atoms with Gasteiger partial charge >= 0.3 is 6.09 Å². The Bertz CT molecular complexity index is 549. The summed E-state index contributed by atoms with van der Waals surface area (Å²) in [5, 5.41) is 27.2. The van der Waals surface area contributed by atoms with Gasteiger partial charge in [0.15, 0.2) is 0 Å². The van der Waals surface area contributed by atoms with Crippen molar-refractivity contribution in [3.05, 3.63) is 18.0 Å². The number of aliphatic hydroxyl groups excluding tert-OH is 2. The van der Waals surface area contributed by atoms with Gasteiger partial charge in [0.25, 0.3) is 0 Å². The Morgan fingerprint density at radius 1 is 1.48 bits per heavy atom. The summed E-state index contributed by atoms with van der Waals surface area (Å²) >= 11 is 0. The molecule has 1 aromatic rings. The van der Waals surface area contributed by atoms with Crippen LogP contribution >= 0.6 is 0 Å². The molecule has 1 fully saturated rings. The van der Waals surface area contributed by atoms with E-state index in [1.807, 2.05) is 0 Å². The third-order valence-corrected chi connectivity index (χ3v) is 3.89. The second kappa shape index (κ2) is 8.64. The Balaban J connectivity index is 1.78. The number of hydrogen-bond donors (Lipinski definition) is 3. The van der Waals surface area contributed by atoms with Gasteiger partial charge in [-0.15, -0.1) is 0 Å². The third-order valence-electron chi connectivity index (χ3n) is 3.89. The van der Waals surface area contributed by atoms with Crippen molar-refractivity contribution in [2.75, 3.05) is 13.2 Å². The number of carbonyl (C=O) groups is 1. The van der Waals surface area contributed by atoms with Crippen LogP contribution in [0.5, 0.6) is 0 Å². The SMILES string of the molecule is CC(C)(C)OC(=O)NCCC(O)C(O)c1cnn([C@@H]2CCCCO2)c1. The van der Waals surface area contributed by atoms with Gasteiger partial charge in [-0.3, -0.25) is 0 Å². The second-order valence-corrected chi connectivity index (χ2v) is 7.30. The Morgan fingerprint density at radius 3 is 2.88 bits per heavy atom. The summed E-state index contributed by atoms with van der Waals surface area (Å²) in [6.45, 7) is 6.24. The molecule has 3 atom stereocenters. The first kappa shape index (κ1) is 19.7. The summed E-state index contributed by atoms with van der Waals surface area (Å²) in [5.74, 6) is 0. The predicted molar refractivity (Wildman–Crippen MR) is 90.9 cm³/mol. The first-order valence-electron chi connectivity index (χ1n) is 8.75. The van der Waals surface area contributed by atoms with Gasteiger partial charge in [-0.05, 0) is 46.5 Å². The number of aromatic nitrogens is 2. The Labute approximate surface area is 148 Å². The van der Waals surface area contributed by atoms with E-state index < -0.39 is 23.9 Å². The Kier molecular flexibility index (Phi) is 6.80. The fourth-order valence-corrected chi connectivity index (χ4v) is 2.61. The van der Waals surface area contributed by atoms with Crippen molar-refractivity contribution in [3.8, 4) is 0 Å². The topological polar surface area (TPSA) is 106 Å². The molecule has 0 saturated carbocycles. The Hall–Kier alpha value is -1.64. The minimum Gasteiger partial charge on any atom is -0.444 e. The molecule has 1 saturated heterocycles. The molecule has 3 N–H and O–H groups in total. The van der Waals surface area contributed by atoms with Gasteiger partial charge in [-0.2, -0.15) is 5.10 Å². The fourth-order valence-electron chi connectivity index (χ4n) is 2.61. The van der Waals surface area contributed by atoms with Crippen LogP contribution in [0.1, 0.15) is 64.3 Å². The zero-order valence-corrected chi connectivity index (χ0v) is 15.1. The molecule has 142 valence electrons. The van der Waals surface area contributed by atoms with Crippen LogP contribution in [-0.2, 0) is 9.47 Å². The van der Waals surface area contributed by atoms with Gasteiger partial charge in [0, 0.05) is 24.9 Å². The van der Waals surface area contributed by atoms with Crippen molar-refractivity contribution in [1.29, 1.82) is 0 Å². The monoisotopic (exact) mass is 355 g/mol. The second-order valence-electron chi connectivity index (χ2n) is 7.30. The van der Waals surface area contributed by atoms with Gasteiger partial charge in [0.1, 0.15) is 17.9 Å². The van der Waals surface area contributed by atoms with E-state index in [-0.39, 0.29) is 19.2 Å². The van der Waals surface area contributed by atoms with E-state index in [1.165, 1.54) is 6.20 Å². The number of rotatable bonds is 6. The molecule has 0 radical (unpaired) electrons. The summed E-state index contributed by atoms with van der Waals surface area (Å²) in [6, 6.07) is 0. The summed E-state index contributed by atoms with van der Waals surface area (Å²) in [7, 11) is 0. The number of aliphatic hydroxyl groups is 2. The number of hydrogen-bond acceptors (Lipinski definition) is 6. The average molecular weight is 355 g/mol. The summed E-state index contributed by atoms with van der Waals surface area (Å²) in [4.78, 5) is 11.6. The highest BCUT2D eigenvalue weighted by Crippen LogP contribution is 2.24. The van der Waals surface area contributed by atoms with E-state index >= 15 is 0 Å². The van der Waals surface area contributed by atoms with Gasteiger partial charge < -0.3 is 25.0 Å². The van der Waals surface area contributed by atoms with Crippen LogP contribution in [-0.4, -0.2) is 50.9 Å². The number of nitrogens with one attached hydrogen (secondary N) is 1. The van der Waals surface area contributed by atoms with Crippen LogP contribution < -0.4 is 5.32 Å². The summed E-state index contributed by atoms with van der Waals surface area (Å²) in [6.07, 6.45) is 3.72. The molecule has 1 aliphatic heterocycles. The standard InChI is InChI=1S/C17H29N3O5/c1-17(2,3)25-16(23)18-8-7-13(21)15(22)12-10-19-20(11-12)14-6-4-5-9-24-14/h10-11,13-15,21-22H,4-9H2,1-3H3,(H,18,23)/t13?,14-,15?/m0/s1. The molecule has 2 unspecified atom stereocenters. The lowest BCUT2D eigenvalue weighted by Crippen LogP contribution is -2.34. The largest absolute Gasteiger partial charge is 0.444 e. The van der Waals surface area contributed by atoms with Crippen molar-refractivity contribution in [2.45, 2.75) is 70.5 Å². The van der Waals surface area contributed by atoms with Gasteiger partial charge in [-0.25, -0.2) is 9.48 Å². The van der Waals surface area contributed by atoms with Crippen LogP contribution in [0, 0.1) is 0 Å². The molecule has 2 heterocycles. The summed E-state index contributed by atoms with van der Waals surface area (Å²) < 4.78 is 12.4. The molecule has 2 rings (SSSR count). The highest BCUT2D eigenvalue weighted by Gasteiger charge is 2.23. The summed E-state index contributed by atoms with van der Waals surface area (Å²) in [5.41, 5.74) is -0.0446. The third kappa shape index (κ3) is 6.30. The maximum atomic E-state index is 11.6. The normalized spacial score (nSPS) is 20.8. The quantitative estimate of drug-likeness (QED) is 0.719. The minimum absolute atomic E-state index is 0.110. The first-order valence-corrected chi connectivity index (χ1v) is 8.75. The molecule has 1 aliphatic rings. The van der Waals surface area contributed by atoms with Crippen molar-refractivity contribution >= 4 is 6.09 Å². The van der Waals surface area contributed by atoms with E-state index in [4.69, 9.17) is 9.47 Å². The van der Waals surface area contributed by atoms with Gasteiger partial charge in [0.2, 0.25) is 0 Å². The average Bonchev–Trinajstić information content (AvgIpc) is 3.03. The molecule has 1 aromatic heterocycles.